The lowest BCUT2D eigenvalue weighted by molar-refractivity contribution is -0.132. The molecule has 0 atom stereocenters. The van der Waals surface area contributed by atoms with Crippen molar-refractivity contribution in [2.45, 2.75) is 39.3 Å². The van der Waals surface area contributed by atoms with Crippen molar-refractivity contribution in [1.82, 2.24) is 14.5 Å². The van der Waals surface area contributed by atoms with Gasteiger partial charge in [0, 0.05) is 16.3 Å². The van der Waals surface area contributed by atoms with Crippen molar-refractivity contribution >= 4 is 38.8 Å². The fourth-order valence-corrected chi connectivity index (χ4v) is 5.28. The van der Waals surface area contributed by atoms with E-state index in [9.17, 15) is 9.59 Å². The first-order valence-corrected chi connectivity index (χ1v) is 10.2. The number of aromatic nitrogens is 2. The number of carbonyl (C=O) groups is 1. The van der Waals surface area contributed by atoms with Gasteiger partial charge in [0.1, 0.15) is 11.4 Å². The molecule has 3 heterocycles. The summed E-state index contributed by atoms with van der Waals surface area (Å²) in [5.74, 6) is -0.0500. The number of nitrogens with zero attached hydrogens (tertiary/aromatic N) is 3. The Morgan fingerprint density at radius 1 is 1.40 bits per heavy atom. The fraction of sp³-hybridized carbons (Fsp3) is 0.389. The molecule has 3 aromatic heterocycles. The summed E-state index contributed by atoms with van der Waals surface area (Å²) in [4.78, 5) is 35.0. The van der Waals surface area contributed by atoms with Gasteiger partial charge in [0.05, 0.1) is 18.3 Å². The molecule has 0 saturated heterocycles. The van der Waals surface area contributed by atoms with E-state index in [1.165, 1.54) is 15.8 Å². The van der Waals surface area contributed by atoms with Gasteiger partial charge in [-0.05, 0) is 43.2 Å². The van der Waals surface area contributed by atoms with Gasteiger partial charge in [0.25, 0.3) is 5.56 Å². The number of thiophene rings is 2. The molecule has 0 unspecified atom stereocenters. The minimum absolute atomic E-state index is 0.0472. The summed E-state index contributed by atoms with van der Waals surface area (Å²) in [5, 5.41) is 2.74. The first kappa shape index (κ1) is 16.5. The lowest BCUT2D eigenvalue weighted by Gasteiger charge is -2.20. The highest BCUT2D eigenvalue weighted by molar-refractivity contribution is 7.18. The van der Waals surface area contributed by atoms with Crippen LogP contribution in [0.2, 0.25) is 0 Å². The fourth-order valence-electron chi connectivity index (χ4n) is 3.34. The third-order valence-electron chi connectivity index (χ3n) is 4.66. The second-order valence-corrected chi connectivity index (χ2v) is 8.32. The summed E-state index contributed by atoms with van der Waals surface area (Å²) < 4.78 is 1.47. The third-order valence-corrected chi connectivity index (χ3v) is 6.72. The zero-order chi connectivity index (χ0) is 17.4. The molecular formula is C18H19N3O2S2. The van der Waals surface area contributed by atoms with E-state index in [0.29, 0.717) is 13.1 Å². The van der Waals surface area contributed by atoms with E-state index in [-0.39, 0.29) is 18.0 Å². The Balaban J connectivity index is 1.60. The zero-order valence-electron chi connectivity index (χ0n) is 14.0. The molecule has 1 aliphatic rings. The van der Waals surface area contributed by atoms with Crippen LogP contribution in [0.5, 0.6) is 0 Å². The van der Waals surface area contributed by atoms with Crippen LogP contribution in [0.25, 0.3) is 10.2 Å². The van der Waals surface area contributed by atoms with Gasteiger partial charge in [-0.2, -0.15) is 0 Å². The Hall–Kier alpha value is -1.99. The van der Waals surface area contributed by atoms with Crippen LogP contribution in [0, 0.1) is 0 Å². The summed E-state index contributed by atoms with van der Waals surface area (Å²) in [6.07, 6.45) is 4.62. The Kier molecular flexibility index (Phi) is 4.43. The van der Waals surface area contributed by atoms with Gasteiger partial charge in [0.2, 0.25) is 5.91 Å². The van der Waals surface area contributed by atoms with E-state index < -0.39 is 0 Å². The third kappa shape index (κ3) is 3.02. The van der Waals surface area contributed by atoms with Gasteiger partial charge in [-0.1, -0.05) is 6.07 Å². The molecule has 130 valence electrons. The maximum Gasteiger partial charge on any atom is 0.262 e. The van der Waals surface area contributed by atoms with Gasteiger partial charge < -0.3 is 4.90 Å². The molecule has 3 aromatic rings. The van der Waals surface area contributed by atoms with Crippen LogP contribution in [0.3, 0.4) is 0 Å². The number of hydrogen-bond acceptors (Lipinski definition) is 5. The second kappa shape index (κ2) is 6.72. The topological polar surface area (TPSA) is 55.2 Å². The second-order valence-electron chi connectivity index (χ2n) is 6.20. The molecule has 1 aliphatic carbocycles. The molecule has 25 heavy (non-hydrogen) atoms. The quantitative estimate of drug-likeness (QED) is 0.691. The predicted molar refractivity (Wildman–Crippen MR) is 101 cm³/mol. The Bertz CT molecular complexity index is 972. The molecule has 0 saturated carbocycles. The number of likely N-dealkylation sites (N-methyl/N-ethyl adjacent to an activating group) is 1. The standard InChI is InChI=1S/C18H19N3O2S2/c1-2-20(9-12-5-4-8-24-12)15(22)10-21-11-19-17-16(18(21)23)13-6-3-7-14(13)25-17/h4-5,8,11H,2-3,6-7,9-10H2,1H3. The highest BCUT2D eigenvalue weighted by atomic mass is 32.1. The molecule has 0 aromatic carbocycles. The van der Waals surface area contributed by atoms with Crippen molar-refractivity contribution < 1.29 is 4.79 Å². The first-order valence-electron chi connectivity index (χ1n) is 8.47. The molecule has 1 amide bonds. The van der Waals surface area contributed by atoms with Crippen LogP contribution in [0.1, 0.15) is 28.7 Å². The van der Waals surface area contributed by atoms with Crippen molar-refractivity contribution in [1.29, 1.82) is 0 Å². The summed E-state index contributed by atoms with van der Waals surface area (Å²) in [6, 6.07) is 4.01. The van der Waals surface area contributed by atoms with Gasteiger partial charge in [-0.15, -0.1) is 22.7 Å². The first-order chi connectivity index (χ1) is 12.2. The molecule has 0 fully saturated rings. The van der Waals surface area contributed by atoms with Gasteiger partial charge >= 0.3 is 0 Å². The molecule has 0 N–H and O–H groups in total. The smallest absolute Gasteiger partial charge is 0.262 e. The van der Waals surface area contributed by atoms with Crippen molar-refractivity contribution in [3.63, 3.8) is 0 Å². The van der Waals surface area contributed by atoms with Crippen LogP contribution in [0.15, 0.2) is 28.6 Å². The van der Waals surface area contributed by atoms with Crippen LogP contribution in [-0.4, -0.2) is 26.9 Å². The maximum absolute atomic E-state index is 12.9. The van der Waals surface area contributed by atoms with E-state index >= 15 is 0 Å². The molecule has 5 nitrogen and oxygen atoms in total. The normalized spacial score (nSPS) is 13.3. The van der Waals surface area contributed by atoms with Gasteiger partial charge in [-0.3, -0.25) is 14.2 Å². The Morgan fingerprint density at radius 2 is 2.28 bits per heavy atom. The van der Waals surface area contributed by atoms with Gasteiger partial charge in [0.15, 0.2) is 0 Å². The van der Waals surface area contributed by atoms with Crippen molar-refractivity contribution in [2.75, 3.05) is 6.54 Å². The number of amides is 1. The molecule has 7 heteroatoms. The van der Waals surface area contributed by atoms with Crippen LogP contribution in [-0.2, 0) is 30.7 Å². The van der Waals surface area contributed by atoms with Crippen LogP contribution in [0.4, 0.5) is 0 Å². The van der Waals surface area contributed by atoms with Crippen molar-refractivity contribution in [3.8, 4) is 0 Å². The predicted octanol–water partition coefficient (Wildman–Crippen LogP) is 3.06. The highest BCUT2D eigenvalue weighted by Crippen LogP contribution is 2.34. The molecule has 0 bridgehead atoms. The van der Waals surface area contributed by atoms with Crippen LogP contribution < -0.4 is 5.56 Å². The summed E-state index contributed by atoms with van der Waals surface area (Å²) >= 11 is 3.26. The number of fused-ring (bicyclic) bond motifs is 3. The monoisotopic (exact) mass is 373 g/mol. The van der Waals surface area contributed by atoms with E-state index in [1.54, 1.807) is 27.6 Å². The molecule has 0 aliphatic heterocycles. The van der Waals surface area contributed by atoms with E-state index in [2.05, 4.69) is 4.98 Å². The molecule has 0 spiro atoms. The van der Waals surface area contributed by atoms with E-state index in [0.717, 1.165) is 39.9 Å². The van der Waals surface area contributed by atoms with Crippen molar-refractivity contribution in [2.24, 2.45) is 0 Å². The highest BCUT2D eigenvalue weighted by Gasteiger charge is 2.22. The number of carbonyl (C=O) groups excluding carboxylic acids is 1. The average molecular weight is 374 g/mol. The number of hydrogen-bond donors (Lipinski definition) is 0. The largest absolute Gasteiger partial charge is 0.336 e. The van der Waals surface area contributed by atoms with Crippen molar-refractivity contribution in [3.05, 3.63) is 49.5 Å². The minimum Gasteiger partial charge on any atom is -0.336 e. The molecular weight excluding hydrogens is 354 g/mol. The SMILES string of the molecule is CCN(Cc1cccs1)C(=O)Cn1cnc2sc3c(c2c1=O)CCC3. The maximum atomic E-state index is 12.9. The Labute approximate surface area is 153 Å². The summed E-state index contributed by atoms with van der Waals surface area (Å²) in [5.41, 5.74) is 1.08. The van der Waals surface area contributed by atoms with Crippen LogP contribution >= 0.6 is 22.7 Å². The molecule has 4 rings (SSSR count). The Morgan fingerprint density at radius 3 is 3.04 bits per heavy atom. The van der Waals surface area contributed by atoms with Gasteiger partial charge in [-0.25, -0.2) is 4.98 Å². The number of aryl methyl sites for hydroxylation is 2. The lowest BCUT2D eigenvalue weighted by atomic mass is 10.2. The average Bonchev–Trinajstić information content (AvgIpc) is 3.31. The summed E-state index contributed by atoms with van der Waals surface area (Å²) in [6.45, 7) is 3.22. The van der Waals surface area contributed by atoms with E-state index in [1.807, 2.05) is 24.4 Å². The zero-order valence-corrected chi connectivity index (χ0v) is 15.7. The minimum atomic E-state index is -0.0788. The summed E-state index contributed by atoms with van der Waals surface area (Å²) in [7, 11) is 0. The number of rotatable bonds is 5. The molecule has 0 radical (unpaired) electrons. The lowest BCUT2D eigenvalue weighted by Crippen LogP contribution is -2.36. The van der Waals surface area contributed by atoms with E-state index in [4.69, 9.17) is 0 Å².